The van der Waals surface area contributed by atoms with Crippen LogP contribution in [0.2, 0.25) is 0 Å². The van der Waals surface area contributed by atoms with Crippen LogP contribution >= 0.6 is 11.8 Å². The number of fused-ring (bicyclic) bond motifs is 1. The van der Waals surface area contributed by atoms with Crippen molar-refractivity contribution < 1.29 is 19.1 Å². The van der Waals surface area contributed by atoms with Crippen molar-refractivity contribution in [1.82, 2.24) is 15.1 Å². The van der Waals surface area contributed by atoms with Crippen LogP contribution in [0.15, 0.2) is 48.5 Å². The van der Waals surface area contributed by atoms with E-state index in [0.717, 1.165) is 40.2 Å². The molecule has 1 unspecified atom stereocenters. The van der Waals surface area contributed by atoms with E-state index < -0.39 is 0 Å². The molecule has 0 saturated carbocycles. The molecule has 1 aliphatic heterocycles. The van der Waals surface area contributed by atoms with Crippen molar-refractivity contribution in [3.8, 4) is 11.4 Å². The van der Waals surface area contributed by atoms with E-state index in [1.807, 2.05) is 47.1 Å². The number of rotatable bonds is 9. The second-order valence-electron chi connectivity index (χ2n) is 10.5. The Labute approximate surface area is 235 Å². The van der Waals surface area contributed by atoms with Crippen molar-refractivity contribution >= 4 is 29.4 Å². The summed E-state index contributed by atoms with van der Waals surface area (Å²) in [4.78, 5) is 28.4. The largest absolute Gasteiger partial charge is 0.497 e. The van der Waals surface area contributed by atoms with Gasteiger partial charge in [-0.05, 0) is 35.7 Å². The number of ether oxygens (including phenoxy) is 2. The number of nitrogens with zero attached hydrogens (tertiary/aromatic N) is 3. The van der Waals surface area contributed by atoms with Gasteiger partial charge in [0.1, 0.15) is 18.1 Å². The zero-order chi connectivity index (χ0) is 28.2. The van der Waals surface area contributed by atoms with E-state index in [4.69, 9.17) is 14.6 Å². The third-order valence-corrected chi connectivity index (χ3v) is 8.00. The molecule has 4 rings (SSSR count). The van der Waals surface area contributed by atoms with E-state index >= 15 is 0 Å². The molecule has 0 saturated heterocycles. The van der Waals surface area contributed by atoms with Crippen LogP contribution in [-0.4, -0.2) is 61.3 Å². The van der Waals surface area contributed by atoms with Gasteiger partial charge in [-0.15, -0.1) is 11.8 Å². The summed E-state index contributed by atoms with van der Waals surface area (Å²) >= 11 is 1.57. The Balaban J connectivity index is 1.97. The first-order valence-electron chi connectivity index (χ1n) is 13.2. The van der Waals surface area contributed by atoms with Crippen molar-refractivity contribution in [1.29, 1.82) is 0 Å². The standard InChI is InChI=1S/C30H38N4O4S/c1-7-20-10-8-9-11-23(20)34-29-26(28(32-34)30(2,3)4)27(21-12-14-22(38-6)15-13-21)39-19-25(36)33(29)18-24(35)31-16-17-37-5/h8-15,27H,7,16-19H2,1-6H3,(H,31,35). The monoisotopic (exact) mass is 550 g/mol. The Morgan fingerprint density at radius 2 is 1.85 bits per heavy atom. The molecule has 9 heteroatoms. The molecule has 1 atom stereocenters. The summed E-state index contributed by atoms with van der Waals surface area (Å²) in [6, 6.07) is 16.1. The summed E-state index contributed by atoms with van der Waals surface area (Å²) in [5.74, 6) is 1.28. The molecule has 0 spiro atoms. The maximum atomic E-state index is 13.8. The molecule has 2 amide bonds. The number of carbonyl (C=O) groups is 2. The zero-order valence-electron chi connectivity index (χ0n) is 23.6. The molecule has 0 fully saturated rings. The summed E-state index contributed by atoms with van der Waals surface area (Å²) in [6.45, 7) is 9.18. The lowest BCUT2D eigenvalue weighted by Crippen LogP contribution is -2.43. The number of aromatic nitrogens is 2. The van der Waals surface area contributed by atoms with Gasteiger partial charge in [-0.3, -0.25) is 14.5 Å². The van der Waals surface area contributed by atoms with Crippen molar-refractivity contribution in [3.63, 3.8) is 0 Å². The number of amides is 2. The lowest BCUT2D eigenvalue weighted by Gasteiger charge is -2.25. The predicted molar refractivity (Wildman–Crippen MR) is 156 cm³/mol. The van der Waals surface area contributed by atoms with E-state index in [-0.39, 0.29) is 34.8 Å². The third kappa shape index (κ3) is 6.15. The number of benzene rings is 2. The maximum absolute atomic E-state index is 13.8. The highest BCUT2D eigenvalue weighted by Crippen LogP contribution is 2.48. The van der Waals surface area contributed by atoms with Crippen LogP contribution in [0.1, 0.15) is 55.3 Å². The fourth-order valence-electron chi connectivity index (χ4n) is 4.79. The van der Waals surface area contributed by atoms with Gasteiger partial charge in [-0.1, -0.05) is 58.0 Å². The van der Waals surface area contributed by atoms with Crippen molar-refractivity contribution in [2.75, 3.05) is 44.6 Å². The van der Waals surface area contributed by atoms with Crippen LogP contribution in [-0.2, 0) is 26.2 Å². The summed E-state index contributed by atoms with van der Waals surface area (Å²) in [6.07, 6.45) is 0.803. The first-order valence-corrected chi connectivity index (χ1v) is 14.3. The number of anilines is 1. The number of aryl methyl sites for hydroxylation is 1. The Hall–Kier alpha value is -3.30. The SMILES string of the molecule is CCc1ccccc1-n1nc(C(C)(C)C)c2c1N(CC(=O)NCCOC)C(=O)CSC2c1ccc(OC)cc1. The molecule has 0 bridgehead atoms. The Bertz CT molecular complexity index is 1310. The van der Waals surface area contributed by atoms with Gasteiger partial charge >= 0.3 is 0 Å². The van der Waals surface area contributed by atoms with Crippen LogP contribution < -0.4 is 15.0 Å². The van der Waals surface area contributed by atoms with Crippen molar-refractivity contribution in [3.05, 3.63) is 70.9 Å². The molecule has 208 valence electrons. The number of carbonyl (C=O) groups excluding carboxylic acids is 2. The third-order valence-electron chi connectivity index (χ3n) is 6.75. The van der Waals surface area contributed by atoms with E-state index in [2.05, 4.69) is 39.1 Å². The quantitative estimate of drug-likeness (QED) is 0.390. The summed E-state index contributed by atoms with van der Waals surface area (Å²) < 4.78 is 12.4. The number of hydrogen-bond donors (Lipinski definition) is 1. The highest BCUT2D eigenvalue weighted by Gasteiger charge is 2.40. The van der Waals surface area contributed by atoms with Crippen molar-refractivity contribution in [2.45, 2.75) is 44.8 Å². The van der Waals surface area contributed by atoms with E-state index in [1.54, 1.807) is 30.9 Å². The summed E-state index contributed by atoms with van der Waals surface area (Å²) in [7, 11) is 3.24. The zero-order valence-corrected chi connectivity index (χ0v) is 24.4. The fraction of sp³-hybridized carbons (Fsp3) is 0.433. The van der Waals surface area contributed by atoms with Crippen LogP contribution in [0.4, 0.5) is 5.82 Å². The normalized spacial score (nSPS) is 15.6. The molecule has 3 aromatic rings. The topological polar surface area (TPSA) is 85.7 Å². The van der Waals surface area contributed by atoms with E-state index in [1.165, 1.54) is 0 Å². The highest BCUT2D eigenvalue weighted by atomic mass is 32.2. The highest BCUT2D eigenvalue weighted by molar-refractivity contribution is 8.00. The Morgan fingerprint density at radius 1 is 1.13 bits per heavy atom. The Morgan fingerprint density at radius 3 is 2.49 bits per heavy atom. The van der Waals surface area contributed by atoms with Crippen LogP contribution in [0.3, 0.4) is 0 Å². The second-order valence-corrected chi connectivity index (χ2v) is 11.6. The van der Waals surface area contributed by atoms with Gasteiger partial charge in [-0.2, -0.15) is 5.10 Å². The van der Waals surface area contributed by atoms with Crippen LogP contribution in [0, 0.1) is 0 Å². The molecule has 1 aromatic heterocycles. The average molecular weight is 551 g/mol. The van der Waals surface area contributed by atoms with Gasteiger partial charge < -0.3 is 14.8 Å². The number of hydrogen-bond acceptors (Lipinski definition) is 6. The Kier molecular flexibility index (Phi) is 9.02. The lowest BCUT2D eigenvalue weighted by molar-refractivity contribution is -0.123. The fourth-order valence-corrected chi connectivity index (χ4v) is 5.99. The van der Waals surface area contributed by atoms with Crippen molar-refractivity contribution in [2.24, 2.45) is 0 Å². The maximum Gasteiger partial charge on any atom is 0.240 e. The number of methoxy groups -OCH3 is 2. The molecule has 2 aromatic carbocycles. The minimum atomic E-state index is -0.318. The van der Waals surface area contributed by atoms with Gasteiger partial charge in [0.05, 0.1) is 36.1 Å². The predicted octanol–water partition coefficient (Wildman–Crippen LogP) is 4.67. The molecular formula is C30H38N4O4S. The molecular weight excluding hydrogens is 512 g/mol. The number of para-hydroxylation sites is 1. The minimum absolute atomic E-state index is 0.102. The van der Waals surface area contributed by atoms with Gasteiger partial charge in [0.15, 0.2) is 0 Å². The summed E-state index contributed by atoms with van der Waals surface area (Å²) in [5.41, 5.74) is 4.61. The van der Waals surface area contributed by atoms with Gasteiger partial charge in [0.2, 0.25) is 11.8 Å². The van der Waals surface area contributed by atoms with Crippen LogP contribution in [0.5, 0.6) is 5.75 Å². The smallest absolute Gasteiger partial charge is 0.240 e. The summed E-state index contributed by atoms with van der Waals surface area (Å²) in [5, 5.41) is 7.90. The van der Waals surface area contributed by atoms with E-state index in [0.29, 0.717) is 19.0 Å². The van der Waals surface area contributed by atoms with Gasteiger partial charge in [-0.25, -0.2) is 4.68 Å². The molecule has 2 heterocycles. The molecule has 0 radical (unpaired) electrons. The lowest BCUT2D eigenvalue weighted by atomic mass is 9.87. The first-order chi connectivity index (χ1) is 18.7. The minimum Gasteiger partial charge on any atom is -0.497 e. The molecule has 8 nitrogen and oxygen atoms in total. The molecule has 39 heavy (non-hydrogen) atoms. The van der Waals surface area contributed by atoms with Gasteiger partial charge in [0.25, 0.3) is 0 Å². The number of nitrogens with one attached hydrogen (secondary N) is 1. The molecule has 1 aliphatic rings. The van der Waals surface area contributed by atoms with Gasteiger partial charge in [0, 0.05) is 24.6 Å². The van der Waals surface area contributed by atoms with E-state index in [9.17, 15) is 9.59 Å². The average Bonchev–Trinajstić information content (AvgIpc) is 3.26. The number of thioether (sulfide) groups is 1. The molecule has 1 N–H and O–H groups in total. The molecule has 0 aliphatic carbocycles. The second kappa shape index (κ2) is 12.3. The first kappa shape index (κ1) is 28.7. The van der Waals surface area contributed by atoms with Crippen LogP contribution in [0.25, 0.3) is 5.69 Å².